The summed E-state index contributed by atoms with van der Waals surface area (Å²) in [5.74, 6) is 2.09. The van der Waals surface area contributed by atoms with Gasteiger partial charge >= 0.3 is 0 Å². The van der Waals surface area contributed by atoms with Gasteiger partial charge in [-0.15, -0.1) is 0 Å². The van der Waals surface area contributed by atoms with Crippen molar-refractivity contribution in [3.8, 4) is 0 Å². The first-order valence-corrected chi connectivity index (χ1v) is 6.18. The SMILES string of the molecule is CC(C)C1CCN(C(=O)[C@@H]2CCNC2)C1. The molecule has 0 radical (unpaired) electrons. The predicted molar refractivity (Wildman–Crippen MR) is 60.5 cm³/mol. The Morgan fingerprint density at radius 3 is 2.73 bits per heavy atom. The number of hydrogen-bond acceptors (Lipinski definition) is 2. The van der Waals surface area contributed by atoms with Gasteiger partial charge < -0.3 is 10.2 Å². The van der Waals surface area contributed by atoms with Crippen molar-refractivity contribution in [2.75, 3.05) is 26.2 Å². The van der Waals surface area contributed by atoms with Crippen LogP contribution in [0.2, 0.25) is 0 Å². The van der Waals surface area contributed by atoms with Gasteiger partial charge in [-0.2, -0.15) is 0 Å². The Balaban J connectivity index is 1.87. The van der Waals surface area contributed by atoms with Crippen LogP contribution in [0.1, 0.15) is 26.7 Å². The van der Waals surface area contributed by atoms with Crippen molar-refractivity contribution in [3.63, 3.8) is 0 Å². The van der Waals surface area contributed by atoms with Crippen molar-refractivity contribution < 1.29 is 4.79 Å². The van der Waals surface area contributed by atoms with E-state index in [1.165, 1.54) is 6.42 Å². The number of amides is 1. The molecule has 0 bridgehead atoms. The van der Waals surface area contributed by atoms with Crippen molar-refractivity contribution in [3.05, 3.63) is 0 Å². The minimum absolute atomic E-state index is 0.260. The first kappa shape index (κ1) is 10.9. The second-order valence-electron chi connectivity index (χ2n) is 5.27. The van der Waals surface area contributed by atoms with Gasteiger partial charge in [0.15, 0.2) is 0 Å². The summed E-state index contributed by atoms with van der Waals surface area (Å²) in [6.45, 7) is 8.40. The fourth-order valence-corrected chi connectivity index (χ4v) is 2.66. The van der Waals surface area contributed by atoms with Gasteiger partial charge in [-0.1, -0.05) is 13.8 Å². The smallest absolute Gasteiger partial charge is 0.227 e. The van der Waals surface area contributed by atoms with E-state index in [1.807, 2.05) is 0 Å². The minimum atomic E-state index is 0.260. The molecule has 0 aromatic heterocycles. The molecule has 0 saturated carbocycles. The van der Waals surface area contributed by atoms with Gasteiger partial charge in [0.25, 0.3) is 0 Å². The van der Waals surface area contributed by atoms with Crippen LogP contribution in [0.25, 0.3) is 0 Å². The molecular weight excluding hydrogens is 188 g/mol. The van der Waals surface area contributed by atoms with Crippen molar-refractivity contribution in [1.82, 2.24) is 10.2 Å². The van der Waals surface area contributed by atoms with Crippen LogP contribution in [-0.2, 0) is 4.79 Å². The molecule has 0 aromatic carbocycles. The zero-order valence-electron chi connectivity index (χ0n) is 9.83. The van der Waals surface area contributed by atoms with Crippen LogP contribution in [0.3, 0.4) is 0 Å². The highest BCUT2D eigenvalue weighted by Gasteiger charge is 2.32. The van der Waals surface area contributed by atoms with Gasteiger partial charge in [0.2, 0.25) is 5.91 Å². The maximum absolute atomic E-state index is 12.1. The molecule has 1 N–H and O–H groups in total. The van der Waals surface area contributed by atoms with E-state index in [0.717, 1.165) is 38.5 Å². The Hall–Kier alpha value is -0.570. The van der Waals surface area contributed by atoms with Crippen molar-refractivity contribution in [2.24, 2.45) is 17.8 Å². The summed E-state index contributed by atoms with van der Waals surface area (Å²) in [4.78, 5) is 14.2. The highest BCUT2D eigenvalue weighted by atomic mass is 16.2. The Labute approximate surface area is 92.2 Å². The Morgan fingerprint density at radius 1 is 1.40 bits per heavy atom. The number of carbonyl (C=O) groups is 1. The van der Waals surface area contributed by atoms with E-state index in [2.05, 4.69) is 24.1 Å². The number of nitrogens with zero attached hydrogens (tertiary/aromatic N) is 1. The zero-order chi connectivity index (χ0) is 10.8. The molecule has 3 nitrogen and oxygen atoms in total. The van der Waals surface area contributed by atoms with Gasteiger partial charge in [0.1, 0.15) is 0 Å². The van der Waals surface area contributed by atoms with E-state index >= 15 is 0 Å². The minimum Gasteiger partial charge on any atom is -0.342 e. The lowest BCUT2D eigenvalue weighted by Gasteiger charge is -2.21. The average molecular weight is 210 g/mol. The topological polar surface area (TPSA) is 32.3 Å². The molecule has 0 aliphatic carbocycles. The quantitative estimate of drug-likeness (QED) is 0.740. The highest BCUT2D eigenvalue weighted by Crippen LogP contribution is 2.25. The number of nitrogens with one attached hydrogen (secondary N) is 1. The largest absolute Gasteiger partial charge is 0.342 e. The lowest BCUT2D eigenvalue weighted by Crippen LogP contribution is -2.35. The maximum Gasteiger partial charge on any atom is 0.227 e. The monoisotopic (exact) mass is 210 g/mol. The third-order valence-corrected chi connectivity index (χ3v) is 3.89. The Bertz CT molecular complexity index is 234. The summed E-state index contributed by atoms with van der Waals surface area (Å²) in [5.41, 5.74) is 0. The standard InChI is InChI=1S/C12H22N2O/c1-9(2)11-4-6-14(8-11)12(15)10-3-5-13-7-10/h9-11,13H,3-8H2,1-2H3/t10-,11?/m1/s1. The molecule has 0 aromatic rings. The van der Waals surface area contributed by atoms with Gasteiger partial charge in [0, 0.05) is 19.6 Å². The van der Waals surface area contributed by atoms with Crippen LogP contribution in [0.4, 0.5) is 0 Å². The molecule has 1 unspecified atom stereocenters. The molecule has 1 amide bonds. The third kappa shape index (κ3) is 2.33. The van der Waals surface area contributed by atoms with Gasteiger partial charge in [-0.3, -0.25) is 4.79 Å². The molecule has 3 heteroatoms. The molecule has 2 saturated heterocycles. The van der Waals surface area contributed by atoms with E-state index in [1.54, 1.807) is 0 Å². The summed E-state index contributed by atoms with van der Waals surface area (Å²) in [6, 6.07) is 0. The fourth-order valence-electron chi connectivity index (χ4n) is 2.66. The summed E-state index contributed by atoms with van der Waals surface area (Å²) in [6.07, 6.45) is 2.23. The van der Waals surface area contributed by atoms with Crippen LogP contribution in [0.5, 0.6) is 0 Å². The van der Waals surface area contributed by atoms with Crippen molar-refractivity contribution in [2.45, 2.75) is 26.7 Å². The van der Waals surface area contributed by atoms with Crippen LogP contribution >= 0.6 is 0 Å². The summed E-state index contributed by atoms with van der Waals surface area (Å²) < 4.78 is 0. The maximum atomic E-state index is 12.1. The molecule has 2 aliphatic rings. The first-order chi connectivity index (χ1) is 7.18. The second kappa shape index (κ2) is 4.52. The van der Waals surface area contributed by atoms with E-state index in [9.17, 15) is 4.79 Å². The van der Waals surface area contributed by atoms with Crippen molar-refractivity contribution >= 4 is 5.91 Å². The molecule has 2 atom stereocenters. The number of rotatable bonds is 2. The number of carbonyl (C=O) groups excluding carboxylic acids is 1. The molecule has 2 aliphatic heterocycles. The zero-order valence-corrected chi connectivity index (χ0v) is 9.83. The van der Waals surface area contributed by atoms with Crippen LogP contribution in [0, 0.1) is 17.8 Å². The van der Waals surface area contributed by atoms with Gasteiger partial charge in [-0.05, 0) is 31.2 Å². The Kier molecular flexibility index (Phi) is 3.29. The van der Waals surface area contributed by atoms with E-state index in [0.29, 0.717) is 11.8 Å². The highest BCUT2D eigenvalue weighted by molar-refractivity contribution is 5.79. The van der Waals surface area contributed by atoms with Gasteiger partial charge in [-0.25, -0.2) is 0 Å². The molecule has 2 rings (SSSR count). The molecular formula is C12H22N2O. The molecule has 15 heavy (non-hydrogen) atoms. The summed E-state index contributed by atoms with van der Waals surface area (Å²) in [7, 11) is 0. The number of likely N-dealkylation sites (tertiary alicyclic amines) is 1. The molecule has 2 heterocycles. The normalized spacial score (nSPS) is 31.5. The summed E-state index contributed by atoms with van der Waals surface area (Å²) >= 11 is 0. The van der Waals surface area contributed by atoms with Gasteiger partial charge in [0.05, 0.1) is 5.92 Å². The average Bonchev–Trinajstić information content (AvgIpc) is 2.88. The van der Waals surface area contributed by atoms with E-state index in [-0.39, 0.29) is 5.92 Å². The Morgan fingerprint density at radius 2 is 2.20 bits per heavy atom. The van der Waals surface area contributed by atoms with E-state index < -0.39 is 0 Å². The van der Waals surface area contributed by atoms with Crippen molar-refractivity contribution in [1.29, 1.82) is 0 Å². The second-order valence-corrected chi connectivity index (χ2v) is 5.27. The summed E-state index contributed by atoms with van der Waals surface area (Å²) in [5, 5.41) is 3.26. The fraction of sp³-hybridized carbons (Fsp3) is 0.917. The molecule has 0 spiro atoms. The van der Waals surface area contributed by atoms with E-state index in [4.69, 9.17) is 0 Å². The predicted octanol–water partition coefficient (Wildman–Crippen LogP) is 1.10. The third-order valence-electron chi connectivity index (χ3n) is 3.89. The molecule has 86 valence electrons. The van der Waals surface area contributed by atoms with Crippen LogP contribution < -0.4 is 5.32 Å². The lowest BCUT2D eigenvalue weighted by atomic mass is 9.95. The molecule has 2 fully saturated rings. The van der Waals surface area contributed by atoms with Crippen LogP contribution in [-0.4, -0.2) is 37.0 Å². The lowest BCUT2D eigenvalue weighted by molar-refractivity contribution is -0.134. The number of hydrogen-bond donors (Lipinski definition) is 1. The first-order valence-electron chi connectivity index (χ1n) is 6.18. The van der Waals surface area contributed by atoms with Crippen LogP contribution in [0.15, 0.2) is 0 Å².